The Morgan fingerprint density at radius 2 is 1.62 bits per heavy atom. The van der Waals surface area contributed by atoms with Gasteiger partial charge in [0.05, 0.1) is 0 Å². The Bertz CT molecular complexity index is 159. The zero-order valence-electron chi connectivity index (χ0n) is 8.94. The van der Waals surface area contributed by atoms with E-state index in [4.69, 9.17) is 6.42 Å². The van der Waals surface area contributed by atoms with Gasteiger partial charge < -0.3 is 0 Å². The molecule has 0 aliphatic heterocycles. The van der Waals surface area contributed by atoms with Gasteiger partial charge in [0.1, 0.15) is 0 Å². The smallest absolute Gasteiger partial charge is 0.00542 e. The second-order valence-corrected chi connectivity index (χ2v) is 3.62. The number of unbranched alkanes of at least 4 members (excludes halogenated alkanes) is 6. The van der Waals surface area contributed by atoms with Gasteiger partial charge in [-0.2, -0.15) is 0 Å². The molecular formula is C13H22. The van der Waals surface area contributed by atoms with Crippen molar-refractivity contribution in [3.8, 4) is 12.3 Å². The van der Waals surface area contributed by atoms with Crippen LogP contribution in [0.4, 0.5) is 0 Å². The van der Waals surface area contributed by atoms with Crippen LogP contribution in [-0.2, 0) is 0 Å². The molecule has 0 fully saturated rings. The van der Waals surface area contributed by atoms with Gasteiger partial charge >= 0.3 is 0 Å². The predicted octanol–water partition coefficient (Wildman–Crippen LogP) is 4.32. The Labute approximate surface area is 83.4 Å². The number of terminal acetylenes is 1. The first kappa shape index (κ1) is 12.3. The summed E-state index contributed by atoms with van der Waals surface area (Å²) in [6, 6.07) is 0. The van der Waals surface area contributed by atoms with Gasteiger partial charge in [-0.05, 0) is 18.4 Å². The fourth-order valence-electron chi connectivity index (χ4n) is 1.37. The van der Waals surface area contributed by atoms with Gasteiger partial charge in [-0.3, -0.25) is 0 Å². The molecule has 0 bridgehead atoms. The molecule has 13 heavy (non-hydrogen) atoms. The normalized spacial score (nSPS) is 9.54. The van der Waals surface area contributed by atoms with Gasteiger partial charge in [0.25, 0.3) is 0 Å². The van der Waals surface area contributed by atoms with Crippen LogP contribution in [0.15, 0.2) is 12.2 Å². The Morgan fingerprint density at radius 3 is 2.15 bits per heavy atom. The van der Waals surface area contributed by atoms with Crippen LogP contribution in [0, 0.1) is 12.3 Å². The van der Waals surface area contributed by atoms with Gasteiger partial charge in [-0.25, -0.2) is 0 Å². The van der Waals surface area contributed by atoms with E-state index >= 15 is 0 Å². The van der Waals surface area contributed by atoms with Crippen molar-refractivity contribution in [3.05, 3.63) is 12.2 Å². The van der Waals surface area contributed by atoms with E-state index in [-0.39, 0.29) is 0 Å². The fraction of sp³-hybridized carbons (Fsp3) is 0.692. The molecule has 0 N–H and O–H groups in total. The summed E-state index contributed by atoms with van der Waals surface area (Å²) in [5, 5.41) is 0. The first-order valence-corrected chi connectivity index (χ1v) is 5.45. The third-order valence-electron chi connectivity index (χ3n) is 2.29. The van der Waals surface area contributed by atoms with Crippen molar-refractivity contribution in [1.82, 2.24) is 0 Å². The highest BCUT2D eigenvalue weighted by Gasteiger charge is 1.91. The average Bonchev–Trinajstić information content (AvgIpc) is 2.16. The Morgan fingerprint density at radius 1 is 1.08 bits per heavy atom. The van der Waals surface area contributed by atoms with E-state index in [1.54, 1.807) is 0 Å². The van der Waals surface area contributed by atoms with E-state index in [0.717, 1.165) is 12.0 Å². The molecule has 0 nitrogen and oxygen atoms in total. The molecule has 0 heterocycles. The molecule has 0 aromatic carbocycles. The molecule has 0 aromatic heterocycles. The van der Waals surface area contributed by atoms with Gasteiger partial charge in [0.2, 0.25) is 0 Å². The summed E-state index contributed by atoms with van der Waals surface area (Å²) in [5.74, 6) is 2.58. The number of rotatable bonds is 8. The number of hydrogen-bond donors (Lipinski definition) is 0. The average molecular weight is 178 g/mol. The largest absolute Gasteiger partial charge is 0.115 e. The van der Waals surface area contributed by atoms with Crippen LogP contribution in [0.1, 0.15) is 58.3 Å². The lowest BCUT2D eigenvalue weighted by Gasteiger charge is -2.00. The van der Waals surface area contributed by atoms with E-state index in [2.05, 4.69) is 19.4 Å². The maximum absolute atomic E-state index is 5.20. The lowest BCUT2D eigenvalue weighted by Crippen LogP contribution is -1.81. The molecule has 0 aliphatic carbocycles. The predicted molar refractivity (Wildman–Crippen MR) is 60.6 cm³/mol. The first-order chi connectivity index (χ1) is 6.31. The summed E-state index contributed by atoms with van der Waals surface area (Å²) in [4.78, 5) is 0. The molecule has 74 valence electrons. The Hall–Kier alpha value is -0.700. The summed E-state index contributed by atoms with van der Waals surface area (Å²) in [6.45, 7) is 6.03. The quantitative estimate of drug-likeness (QED) is 0.383. The highest BCUT2D eigenvalue weighted by atomic mass is 14.0. The molecule has 0 amide bonds. The highest BCUT2D eigenvalue weighted by Crippen LogP contribution is 2.10. The Kier molecular flexibility index (Phi) is 8.88. The van der Waals surface area contributed by atoms with Crippen molar-refractivity contribution in [3.63, 3.8) is 0 Å². The molecule has 0 saturated heterocycles. The topological polar surface area (TPSA) is 0 Å². The lowest BCUT2D eigenvalue weighted by atomic mass is 10.1. The van der Waals surface area contributed by atoms with Crippen LogP contribution in [-0.4, -0.2) is 0 Å². The Balaban J connectivity index is 3.00. The van der Waals surface area contributed by atoms with Crippen LogP contribution in [0.2, 0.25) is 0 Å². The minimum atomic E-state index is 0.952. The van der Waals surface area contributed by atoms with Crippen molar-refractivity contribution >= 4 is 0 Å². The molecular weight excluding hydrogens is 156 g/mol. The standard InChI is InChI=1S/C13H22/c1-4-6-7-8-9-10-11-12-13(3)5-2/h2H,3-4,6-12H2,1H3. The van der Waals surface area contributed by atoms with Crippen molar-refractivity contribution < 1.29 is 0 Å². The summed E-state index contributed by atoms with van der Waals surface area (Å²) in [7, 11) is 0. The molecule has 0 aromatic rings. The van der Waals surface area contributed by atoms with Gasteiger partial charge in [-0.1, -0.05) is 57.9 Å². The van der Waals surface area contributed by atoms with Gasteiger partial charge in [0, 0.05) is 0 Å². The van der Waals surface area contributed by atoms with Crippen LogP contribution >= 0.6 is 0 Å². The SMILES string of the molecule is C#CC(=C)CCCCCCCCC. The fourth-order valence-corrected chi connectivity index (χ4v) is 1.37. The van der Waals surface area contributed by atoms with Crippen LogP contribution in [0.3, 0.4) is 0 Å². The van der Waals surface area contributed by atoms with Gasteiger partial charge in [0.15, 0.2) is 0 Å². The maximum atomic E-state index is 5.20. The van der Waals surface area contributed by atoms with E-state index < -0.39 is 0 Å². The minimum absolute atomic E-state index is 0.952. The molecule has 0 rings (SSSR count). The molecule has 0 aliphatic rings. The van der Waals surface area contributed by atoms with E-state index in [1.165, 1.54) is 44.9 Å². The zero-order valence-corrected chi connectivity index (χ0v) is 8.94. The second kappa shape index (κ2) is 9.39. The summed E-state index contributed by atoms with van der Waals surface area (Å²) >= 11 is 0. The summed E-state index contributed by atoms with van der Waals surface area (Å²) in [5.41, 5.74) is 0.952. The summed E-state index contributed by atoms with van der Waals surface area (Å²) < 4.78 is 0. The molecule has 0 unspecified atom stereocenters. The zero-order chi connectivity index (χ0) is 9.94. The number of allylic oxidation sites excluding steroid dienone is 1. The second-order valence-electron chi connectivity index (χ2n) is 3.62. The summed E-state index contributed by atoms with van der Waals surface area (Å²) in [6.07, 6.45) is 15.6. The van der Waals surface area contributed by atoms with E-state index in [0.29, 0.717) is 0 Å². The third-order valence-corrected chi connectivity index (χ3v) is 2.29. The van der Waals surface area contributed by atoms with Crippen molar-refractivity contribution in [2.24, 2.45) is 0 Å². The van der Waals surface area contributed by atoms with E-state index in [1.807, 2.05) is 0 Å². The van der Waals surface area contributed by atoms with E-state index in [9.17, 15) is 0 Å². The molecule has 0 spiro atoms. The van der Waals surface area contributed by atoms with Crippen LogP contribution < -0.4 is 0 Å². The molecule has 0 atom stereocenters. The monoisotopic (exact) mass is 178 g/mol. The van der Waals surface area contributed by atoms with Gasteiger partial charge in [-0.15, -0.1) is 6.42 Å². The van der Waals surface area contributed by atoms with Crippen LogP contribution in [0.25, 0.3) is 0 Å². The van der Waals surface area contributed by atoms with Crippen LogP contribution in [0.5, 0.6) is 0 Å². The first-order valence-electron chi connectivity index (χ1n) is 5.45. The third kappa shape index (κ3) is 9.21. The number of hydrogen-bond acceptors (Lipinski definition) is 0. The maximum Gasteiger partial charge on any atom is -0.00542 e. The molecule has 0 radical (unpaired) electrons. The van der Waals surface area contributed by atoms with Crippen molar-refractivity contribution in [2.45, 2.75) is 58.3 Å². The van der Waals surface area contributed by atoms with Crippen molar-refractivity contribution in [2.75, 3.05) is 0 Å². The minimum Gasteiger partial charge on any atom is -0.115 e. The molecule has 0 saturated carbocycles. The molecule has 0 heteroatoms. The van der Waals surface area contributed by atoms with Crippen molar-refractivity contribution in [1.29, 1.82) is 0 Å². The lowest BCUT2D eigenvalue weighted by molar-refractivity contribution is 0.590. The highest BCUT2D eigenvalue weighted by molar-refractivity contribution is 5.20.